The van der Waals surface area contributed by atoms with Gasteiger partial charge in [-0.2, -0.15) is 27.1 Å². The van der Waals surface area contributed by atoms with Gasteiger partial charge in [-0.05, 0) is 12.8 Å². The van der Waals surface area contributed by atoms with Gasteiger partial charge in [-0.3, -0.25) is 12.2 Å². The van der Waals surface area contributed by atoms with Gasteiger partial charge in [-0.25, -0.2) is 0 Å². The Kier molecular flexibility index (Phi) is 45.0. The molecule has 2 aliphatic rings. The van der Waals surface area contributed by atoms with Crippen molar-refractivity contribution in [1.82, 2.24) is 0 Å². The Hall–Kier alpha value is 0.127. The third kappa shape index (κ3) is 28.3. The zero-order valence-corrected chi connectivity index (χ0v) is 16.9. The fourth-order valence-corrected chi connectivity index (χ4v) is 1.57. The van der Waals surface area contributed by atoms with Crippen LogP contribution < -0.4 is 10.2 Å². The molecule has 0 N–H and O–H groups in total. The van der Waals surface area contributed by atoms with E-state index in [0.717, 1.165) is 27.1 Å². The molecular formula is C18H28O2Rh2-2. The summed E-state index contributed by atoms with van der Waals surface area (Å²) in [5, 5.41) is 16.5. The zero-order chi connectivity index (χ0) is 15.3. The van der Waals surface area contributed by atoms with Gasteiger partial charge in [0.2, 0.25) is 0 Å². The summed E-state index contributed by atoms with van der Waals surface area (Å²) < 4.78 is 0. The molecule has 0 saturated heterocycles. The van der Waals surface area contributed by atoms with Crippen LogP contribution in [-0.2, 0) is 39.0 Å². The fourth-order valence-electron chi connectivity index (χ4n) is 1.57. The second-order valence-corrected chi connectivity index (χ2v) is 3.99. The zero-order valence-electron chi connectivity index (χ0n) is 13.6. The third-order valence-corrected chi connectivity index (χ3v) is 2.49. The SMILES string of the molecule is C[O-].C[O-].[C-]1=CCC/C=C\CC1.[C-]1=CCC/C=C\CC1.[Rh+2].[Rh]. The molecule has 2 rings (SSSR count). The average molecular weight is 482 g/mol. The molecule has 0 aliphatic heterocycles. The summed E-state index contributed by atoms with van der Waals surface area (Å²) in [5.74, 6) is 0. The third-order valence-electron chi connectivity index (χ3n) is 2.49. The molecule has 0 bridgehead atoms. The molecule has 0 aromatic carbocycles. The first-order valence-corrected chi connectivity index (χ1v) is 7.22. The van der Waals surface area contributed by atoms with Crippen LogP contribution in [-0.4, -0.2) is 14.2 Å². The van der Waals surface area contributed by atoms with Crippen molar-refractivity contribution in [3.8, 4) is 0 Å². The first-order valence-electron chi connectivity index (χ1n) is 7.22. The van der Waals surface area contributed by atoms with Crippen molar-refractivity contribution in [2.75, 3.05) is 14.2 Å². The maximum absolute atomic E-state index is 8.25. The van der Waals surface area contributed by atoms with Crippen molar-refractivity contribution in [2.24, 2.45) is 0 Å². The predicted octanol–water partition coefficient (Wildman–Crippen LogP) is 2.90. The smallest absolute Gasteiger partial charge is 0.857 e. The standard InChI is InChI=1S/2C8H11.2CH3O.2Rh/c2*1-2-4-6-8-7-5-3-1;2*1-2;;/h2*1-2,7H,3-6H2;2*1H3;;/q4*-1;;+2/b2*2-1-;;;;. The molecule has 2 nitrogen and oxygen atoms in total. The van der Waals surface area contributed by atoms with Crippen molar-refractivity contribution in [3.63, 3.8) is 0 Å². The summed E-state index contributed by atoms with van der Waals surface area (Å²) in [7, 11) is 1.50. The van der Waals surface area contributed by atoms with Gasteiger partial charge in [0.25, 0.3) is 0 Å². The molecule has 0 heterocycles. The van der Waals surface area contributed by atoms with E-state index in [2.05, 4.69) is 48.6 Å². The average Bonchev–Trinajstić information content (AvgIpc) is 2.42. The Balaban J connectivity index is -0.000000112. The summed E-state index contributed by atoms with van der Waals surface area (Å²) in [6, 6.07) is 0. The van der Waals surface area contributed by atoms with E-state index in [1.807, 2.05) is 0 Å². The summed E-state index contributed by atoms with van der Waals surface area (Å²) >= 11 is 0. The minimum Gasteiger partial charge on any atom is -0.857 e. The van der Waals surface area contributed by atoms with Crippen LogP contribution in [0.2, 0.25) is 0 Å². The molecule has 4 heteroatoms. The molecule has 0 amide bonds. The van der Waals surface area contributed by atoms with Crippen LogP contribution in [0.25, 0.3) is 0 Å². The molecule has 0 spiro atoms. The molecule has 0 fully saturated rings. The Morgan fingerprint density at radius 1 is 0.591 bits per heavy atom. The van der Waals surface area contributed by atoms with Crippen molar-refractivity contribution >= 4 is 0 Å². The molecule has 132 valence electrons. The van der Waals surface area contributed by atoms with Gasteiger partial charge in [0.1, 0.15) is 0 Å². The summed E-state index contributed by atoms with van der Waals surface area (Å²) in [4.78, 5) is 0. The maximum atomic E-state index is 8.25. The molecule has 0 aromatic rings. The largest absolute Gasteiger partial charge is 2.00 e. The Morgan fingerprint density at radius 3 is 1.27 bits per heavy atom. The van der Waals surface area contributed by atoms with Crippen molar-refractivity contribution in [3.05, 3.63) is 48.6 Å². The van der Waals surface area contributed by atoms with Gasteiger partial charge in [0.15, 0.2) is 0 Å². The van der Waals surface area contributed by atoms with E-state index in [9.17, 15) is 0 Å². The molecule has 0 aromatic heterocycles. The van der Waals surface area contributed by atoms with Gasteiger partial charge >= 0.3 is 19.5 Å². The van der Waals surface area contributed by atoms with Crippen LogP contribution in [0.15, 0.2) is 36.5 Å². The number of rotatable bonds is 0. The van der Waals surface area contributed by atoms with Crippen LogP contribution >= 0.6 is 0 Å². The summed E-state index contributed by atoms with van der Waals surface area (Å²) in [6.45, 7) is 0. The Bertz CT molecular complexity index is 192. The van der Waals surface area contributed by atoms with E-state index in [1.165, 1.54) is 38.5 Å². The van der Waals surface area contributed by atoms with E-state index >= 15 is 0 Å². The Morgan fingerprint density at radius 2 is 0.909 bits per heavy atom. The molecule has 2 radical (unpaired) electrons. The van der Waals surface area contributed by atoms with Crippen LogP contribution in [0.4, 0.5) is 0 Å². The number of allylic oxidation sites excluding steroid dienone is 8. The number of hydrogen-bond donors (Lipinski definition) is 0. The molecule has 22 heavy (non-hydrogen) atoms. The molecular weight excluding hydrogens is 454 g/mol. The molecule has 0 unspecified atom stereocenters. The summed E-state index contributed by atoms with van der Waals surface area (Å²) in [6.07, 6.45) is 29.0. The predicted molar refractivity (Wildman–Crippen MR) is 82.7 cm³/mol. The molecule has 2 aliphatic carbocycles. The van der Waals surface area contributed by atoms with Gasteiger partial charge in [-0.15, -0.1) is 0 Å². The number of hydrogen-bond acceptors (Lipinski definition) is 2. The van der Waals surface area contributed by atoms with E-state index < -0.39 is 0 Å². The second kappa shape index (κ2) is 32.9. The van der Waals surface area contributed by atoms with E-state index in [-0.39, 0.29) is 39.0 Å². The van der Waals surface area contributed by atoms with Crippen LogP contribution in [0.1, 0.15) is 51.4 Å². The maximum Gasteiger partial charge on any atom is 2.00 e. The quantitative estimate of drug-likeness (QED) is 0.303. The van der Waals surface area contributed by atoms with Gasteiger partial charge < -0.3 is 22.4 Å². The van der Waals surface area contributed by atoms with Gasteiger partial charge in [0, 0.05) is 19.5 Å². The first-order chi connectivity index (χ1) is 10.0. The van der Waals surface area contributed by atoms with Gasteiger partial charge in [-0.1, -0.05) is 50.0 Å². The Labute approximate surface area is 163 Å². The van der Waals surface area contributed by atoms with Crippen LogP contribution in [0, 0.1) is 12.2 Å². The topological polar surface area (TPSA) is 46.1 Å². The normalized spacial score (nSPS) is 18.0. The first kappa shape index (κ1) is 30.1. The second-order valence-electron chi connectivity index (χ2n) is 3.99. The summed E-state index contributed by atoms with van der Waals surface area (Å²) in [5.41, 5.74) is 0. The van der Waals surface area contributed by atoms with Crippen molar-refractivity contribution in [2.45, 2.75) is 51.4 Å². The van der Waals surface area contributed by atoms with E-state index in [0.29, 0.717) is 0 Å². The van der Waals surface area contributed by atoms with Crippen LogP contribution in [0.5, 0.6) is 0 Å². The minimum absolute atomic E-state index is 0. The molecule has 0 saturated carbocycles. The van der Waals surface area contributed by atoms with E-state index in [4.69, 9.17) is 10.2 Å². The monoisotopic (exact) mass is 482 g/mol. The molecule has 0 atom stereocenters. The van der Waals surface area contributed by atoms with Crippen LogP contribution in [0.3, 0.4) is 0 Å². The van der Waals surface area contributed by atoms with Crippen molar-refractivity contribution < 1.29 is 49.2 Å². The van der Waals surface area contributed by atoms with Gasteiger partial charge in [0.05, 0.1) is 0 Å². The minimum atomic E-state index is 0. The van der Waals surface area contributed by atoms with E-state index in [1.54, 1.807) is 0 Å². The van der Waals surface area contributed by atoms with Crippen molar-refractivity contribution in [1.29, 1.82) is 0 Å². The fraction of sp³-hybridized carbons (Fsp3) is 0.556.